The van der Waals surface area contributed by atoms with Crippen LogP contribution in [0.15, 0.2) is 18.2 Å². The molecule has 2 aliphatic rings. The monoisotopic (exact) mass is 367 g/mol. The van der Waals surface area contributed by atoms with Gasteiger partial charge in [-0.25, -0.2) is 13.6 Å². The van der Waals surface area contributed by atoms with Gasteiger partial charge in [-0.2, -0.15) is 0 Å². The Bertz CT molecular complexity index is 680. The summed E-state index contributed by atoms with van der Waals surface area (Å²) in [4.78, 5) is 27.9. The number of amides is 3. The van der Waals surface area contributed by atoms with Crippen molar-refractivity contribution in [1.29, 1.82) is 0 Å². The van der Waals surface area contributed by atoms with Gasteiger partial charge in [-0.1, -0.05) is 0 Å². The van der Waals surface area contributed by atoms with E-state index in [2.05, 4.69) is 5.32 Å². The Morgan fingerprint density at radius 3 is 2.62 bits per heavy atom. The highest BCUT2D eigenvalue weighted by molar-refractivity contribution is 5.89. The second-order valence-corrected chi connectivity index (χ2v) is 6.71. The Labute approximate surface area is 151 Å². The smallest absolute Gasteiger partial charge is 0.321 e. The minimum absolute atomic E-state index is 0.0136. The lowest BCUT2D eigenvalue weighted by Crippen LogP contribution is -2.50. The van der Waals surface area contributed by atoms with E-state index in [0.29, 0.717) is 32.7 Å². The van der Waals surface area contributed by atoms with Crippen molar-refractivity contribution in [3.63, 3.8) is 0 Å². The SMILES string of the molecule is CC(=O)N(C1CCOCC1)C1CCN(C(=O)Nc2cc(F)ccc2F)C1. The van der Waals surface area contributed by atoms with Crippen LogP contribution >= 0.6 is 0 Å². The molecule has 0 radical (unpaired) electrons. The number of likely N-dealkylation sites (tertiary alicyclic amines) is 1. The summed E-state index contributed by atoms with van der Waals surface area (Å²) in [5, 5.41) is 2.41. The van der Waals surface area contributed by atoms with Crippen molar-refractivity contribution in [3.05, 3.63) is 29.8 Å². The maximum absolute atomic E-state index is 13.7. The van der Waals surface area contributed by atoms with E-state index in [1.165, 1.54) is 4.90 Å². The second-order valence-electron chi connectivity index (χ2n) is 6.71. The highest BCUT2D eigenvalue weighted by Gasteiger charge is 2.36. The number of nitrogens with one attached hydrogen (secondary N) is 1. The predicted molar refractivity (Wildman–Crippen MR) is 91.7 cm³/mol. The molecule has 0 saturated carbocycles. The summed E-state index contributed by atoms with van der Waals surface area (Å²) in [6.07, 6.45) is 2.24. The minimum atomic E-state index is -0.692. The fourth-order valence-corrected chi connectivity index (χ4v) is 3.72. The molecule has 2 saturated heterocycles. The molecule has 1 unspecified atom stereocenters. The minimum Gasteiger partial charge on any atom is -0.381 e. The number of urea groups is 1. The first-order valence-corrected chi connectivity index (χ1v) is 8.83. The number of nitrogens with zero attached hydrogens (tertiary/aromatic N) is 2. The largest absolute Gasteiger partial charge is 0.381 e. The van der Waals surface area contributed by atoms with E-state index < -0.39 is 17.7 Å². The topological polar surface area (TPSA) is 61.9 Å². The van der Waals surface area contributed by atoms with Gasteiger partial charge in [0.25, 0.3) is 0 Å². The Morgan fingerprint density at radius 1 is 1.19 bits per heavy atom. The third-order valence-corrected chi connectivity index (χ3v) is 4.96. The highest BCUT2D eigenvalue weighted by Crippen LogP contribution is 2.24. The molecule has 0 bridgehead atoms. The quantitative estimate of drug-likeness (QED) is 0.893. The van der Waals surface area contributed by atoms with Crippen LogP contribution in [0.2, 0.25) is 0 Å². The maximum Gasteiger partial charge on any atom is 0.321 e. The van der Waals surface area contributed by atoms with Crippen LogP contribution in [-0.4, -0.2) is 60.1 Å². The van der Waals surface area contributed by atoms with Crippen molar-refractivity contribution in [1.82, 2.24) is 9.80 Å². The van der Waals surface area contributed by atoms with Crippen LogP contribution in [-0.2, 0) is 9.53 Å². The molecule has 1 N–H and O–H groups in total. The first-order chi connectivity index (χ1) is 12.5. The fourth-order valence-electron chi connectivity index (χ4n) is 3.72. The zero-order valence-electron chi connectivity index (χ0n) is 14.7. The summed E-state index contributed by atoms with van der Waals surface area (Å²) in [5.74, 6) is -1.33. The highest BCUT2D eigenvalue weighted by atomic mass is 19.1. The lowest BCUT2D eigenvalue weighted by Gasteiger charge is -2.37. The summed E-state index contributed by atoms with van der Waals surface area (Å²) in [6.45, 7) is 3.63. The second kappa shape index (κ2) is 7.99. The van der Waals surface area contributed by atoms with Gasteiger partial charge in [-0.15, -0.1) is 0 Å². The average molecular weight is 367 g/mol. The van der Waals surface area contributed by atoms with Gasteiger partial charge in [0, 0.05) is 45.3 Å². The lowest BCUT2D eigenvalue weighted by atomic mass is 10.0. The number of rotatable bonds is 3. The molecule has 2 heterocycles. The van der Waals surface area contributed by atoms with Crippen LogP contribution in [0.5, 0.6) is 0 Å². The third-order valence-electron chi connectivity index (χ3n) is 4.96. The normalized spacial score (nSPS) is 20.9. The molecule has 142 valence electrons. The fraction of sp³-hybridized carbons (Fsp3) is 0.556. The molecule has 1 aromatic rings. The number of hydrogen-bond donors (Lipinski definition) is 1. The molecular weight excluding hydrogens is 344 g/mol. The lowest BCUT2D eigenvalue weighted by molar-refractivity contribution is -0.135. The zero-order valence-corrected chi connectivity index (χ0v) is 14.7. The van der Waals surface area contributed by atoms with E-state index in [9.17, 15) is 18.4 Å². The number of anilines is 1. The van der Waals surface area contributed by atoms with E-state index in [4.69, 9.17) is 4.74 Å². The maximum atomic E-state index is 13.7. The molecule has 3 amide bonds. The number of carbonyl (C=O) groups excluding carboxylic acids is 2. The van der Waals surface area contributed by atoms with Crippen LogP contribution in [0.3, 0.4) is 0 Å². The van der Waals surface area contributed by atoms with E-state index in [-0.39, 0.29) is 23.7 Å². The van der Waals surface area contributed by atoms with Crippen LogP contribution in [0, 0.1) is 11.6 Å². The van der Waals surface area contributed by atoms with Crippen molar-refractivity contribution in [3.8, 4) is 0 Å². The first-order valence-electron chi connectivity index (χ1n) is 8.83. The summed E-state index contributed by atoms with van der Waals surface area (Å²) >= 11 is 0. The third kappa shape index (κ3) is 4.12. The average Bonchev–Trinajstić information content (AvgIpc) is 3.08. The van der Waals surface area contributed by atoms with Crippen LogP contribution in [0.25, 0.3) is 0 Å². The number of ether oxygens (including phenoxy) is 1. The Morgan fingerprint density at radius 2 is 1.92 bits per heavy atom. The number of halogens is 2. The van der Waals surface area contributed by atoms with Gasteiger partial charge in [0.05, 0.1) is 11.7 Å². The Hall–Kier alpha value is -2.22. The molecule has 0 aliphatic carbocycles. The molecule has 0 spiro atoms. The standard InChI is InChI=1S/C18H23F2N3O3/c1-12(24)23(14-5-8-26-9-6-14)15-4-7-22(11-15)18(25)21-17-10-13(19)2-3-16(17)20/h2-3,10,14-15H,4-9,11H2,1H3,(H,21,25). The van der Waals surface area contributed by atoms with E-state index in [0.717, 1.165) is 31.0 Å². The molecule has 8 heteroatoms. The van der Waals surface area contributed by atoms with E-state index in [1.54, 1.807) is 6.92 Å². The molecule has 26 heavy (non-hydrogen) atoms. The number of carbonyl (C=O) groups is 2. The summed E-state index contributed by atoms with van der Waals surface area (Å²) < 4.78 is 32.3. The van der Waals surface area contributed by atoms with Gasteiger partial charge in [0.1, 0.15) is 11.6 Å². The molecule has 6 nitrogen and oxygen atoms in total. The van der Waals surface area contributed by atoms with Gasteiger partial charge in [0.2, 0.25) is 5.91 Å². The van der Waals surface area contributed by atoms with Crippen LogP contribution in [0.1, 0.15) is 26.2 Å². The summed E-state index contributed by atoms with van der Waals surface area (Å²) in [5.41, 5.74) is -0.189. The Kier molecular flexibility index (Phi) is 5.70. The zero-order chi connectivity index (χ0) is 18.7. The van der Waals surface area contributed by atoms with Gasteiger partial charge >= 0.3 is 6.03 Å². The van der Waals surface area contributed by atoms with E-state index in [1.807, 2.05) is 4.90 Å². The van der Waals surface area contributed by atoms with Crippen molar-refractivity contribution < 1.29 is 23.1 Å². The van der Waals surface area contributed by atoms with Gasteiger partial charge in [-0.3, -0.25) is 4.79 Å². The van der Waals surface area contributed by atoms with Crippen molar-refractivity contribution in [2.45, 2.75) is 38.3 Å². The van der Waals surface area contributed by atoms with Gasteiger partial charge in [-0.05, 0) is 31.4 Å². The van der Waals surface area contributed by atoms with Crippen molar-refractivity contribution in [2.24, 2.45) is 0 Å². The van der Waals surface area contributed by atoms with Gasteiger partial charge in [0.15, 0.2) is 0 Å². The number of hydrogen-bond acceptors (Lipinski definition) is 3. The van der Waals surface area contributed by atoms with Crippen LogP contribution < -0.4 is 5.32 Å². The van der Waals surface area contributed by atoms with Crippen molar-refractivity contribution >= 4 is 17.6 Å². The molecule has 1 atom stereocenters. The molecule has 2 aliphatic heterocycles. The van der Waals surface area contributed by atoms with Crippen LogP contribution in [0.4, 0.5) is 19.3 Å². The molecule has 3 rings (SSSR count). The van der Waals surface area contributed by atoms with E-state index >= 15 is 0 Å². The van der Waals surface area contributed by atoms with Gasteiger partial charge < -0.3 is 19.9 Å². The molecule has 2 fully saturated rings. The van der Waals surface area contributed by atoms with Crippen molar-refractivity contribution in [2.75, 3.05) is 31.6 Å². The number of benzene rings is 1. The Balaban J connectivity index is 1.63. The molecule has 1 aromatic carbocycles. The predicted octanol–water partition coefficient (Wildman–Crippen LogP) is 2.60. The summed E-state index contributed by atoms with van der Waals surface area (Å²) in [6, 6.07) is 2.47. The summed E-state index contributed by atoms with van der Waals surface area (Å²) in [7, 11) is 0. The molecular formula is C18H23F2N3O3. The first kappa shape index (κ1) is 18.6. The molecule has 0 aromatic heterocycles.